The Balaban J connectivity index is 1.13. The summed E-state index contributed by atoms with van der Waals surface area (Å²) in [6, 6.07) is 92.2. The summed E-state index contributed by atoms with van der Waals surface area (Å²) in [5.74, 6) is 0. The molecule has 1 nitrogen and oxygen atoms in total. The quantitative estimate of drug-likeness (QED) is 0.147. The fourth-order valence-electron chi connectivity index (χ4n) is 11.1. The first-order valence-electron chi connectivity index (χ1n) is 22.8. The Morgan fingerprint density at radius 3 is 1.37 bits per heavy atom. The Morgan fingerprint density at radius 1 is 0.277 bits per heavy atom. The van der Waals surface area contributed by atoms with Crippen LogP contribution in [0.1, 0.15) is 47.2 Å². The van der Waals surface area contributed by atoms with Crippen molar-refractivity contribution in [3.63, 3.8) is 0 Å². The molecule has 0 heterocycles. The van der Waals surface area contributed by atoms with Gasteiger partial charge in [0.15, 0.2) is 0 Å². The molecule has 2 aliphatic carbocycles. The zero-order valence-electron chi connectivity index (χ0n) is 36.6. The third kappa shape index (κ3) is 6.15. The lowest BCUT2D eigenvalue weighted by Gasteiger charge is -2.35. The summed E-state index contributed by atoms with van der Waals surface area (Å²) in [5.41, 5.74) is 22.7. The molecule has 0 saturated heterocycles. The highest BCUT2D eigenvalue weighted by molar-refractivity contribution is 5.94. The Morgan fingerprint density at radius 2 is 0.723 bits per heavy atom. The molecule has 308 valence electrons. The van der Waals surface area contributed by atoms with Gasteiger partial charge >= 0.3 is 0 Å². The van der Waals surface area contributed by atoms with Crippen molar-refractivity contribution < 1.29 is 0 Å². The molecule has 65 heavy (non-hydrogen) atoms. The number of anilines is 3. The Hall–Kier alpha value is -8.00. The summed E-state index contributed by atoms with van der Waals surface area (Å²) in [6.45, 7) is 4.75. The van der Waals surface area contributed by atoms with Gasteiger partial charge in [0.25, 0.3) is 0 Å². The molecular formula is C64H47N. The molecule has 0 aromatic heterocycles. The van der Waals surface area contributed by atoms with Crippen LogP contribution in [0, 0.1) is 0 Å². The summed E-state index contributed by atoms with van der Waals surface area (Å²) in [7, 11) is 0. The van der Waals surface area contributed by atoms with E-state index in [-0.39, 0.29) is 5.41 Å². The van der Waals surface area contributed by atoms with Gasteiger partial charge in [0, 0.05) is 22.4 Å². The second-order valence-electron chi connectivity index (χ2n) is 18.0. The molecule has 0 fully saturated rings. The van der Waals surface area contributed by atoms with Crippen molar-refractivity contribution in [3.05, 3.63) is 282 Å². The maximum Gasteiger partial charge on any atom is 0.0714 e. The summed E-state index contributed by atoms with van der Waals surface area (Å²) in [4.78, 5) is 2.53. The van der Waals surface area contributed by atoms with E-state index in [9.17, 15) is 0 Å². The number of fused-ring (bicyclic) bond motifs is 6. The van der Waals surface area contributed by atoms with Crippen LogP contribution in [-0.2, 0) is 10.8 Å². The van der Waals surface area contributed by atoms with Gasteiger partial charge in [-0.05, 0) is 114 Å². The number of hydrogen-bond donors (Lipinski definition) is 0. The lowest BCUT2D eigenvalue weighted by atomic mass is 9.67. The van der Waals surface area contributed by atoms with Crippen molar-refractivity contribution in [1.29, 1.82) is 0 Å². The third-order valence-corrected chi connectivity index (χ3v) is 14.2. The van der Waals surface area contributed by atoms with E-state index in [4.69, 9.17) is 0 Å². The van der Waals surface area contributed by atoms with E-state index in [0.29, 0.717) is 0 Å². The highest BCUT2D eigenvalue weighted by Crippen LogP contribution is 2.57. The van der Waals surface area contributed by atoms with Crippen molar-refractivity contribution >= 4 is 17.1 Å². The minimum absolute atomic E-state index is 0.175. The normalized spacial score (nSPS) is 13.6. The summed E-state index contributed by atoms with van der Waals surface area (Å²) in [5, 5.41) is 0. The standard InChI is InChI=1S/C64H47N/c1-63(2)58-30-15-12-27-54(58)57-40-38-52(43-61(57)63)65(62-41-48(45-21-8-4-9-22-45)37-39-53(62)47-35-33-46(34-36-47)44-19-6-3-7-20-44)51-26-18-25-50(42-51)64(49-23-10-5-11-24-49)59-31-16-13-28-55(59)56-29-14-17-32-60(56)64/h3-43H,1-2H3. The number of hydrogen-bond acceptors (Lipinski definition) is 1. The first-order valence-corrected chi connectivity index (χ1v) is 22.8. The second kappa shape index (κ2) is 15.4. The maximum atomic E-state index is 2.53. The van der Waals surface area contributed by atoms with Crippen LogP contribution >= 0.6 is 0 Å². The van der Waals surface area contributed by atoms with Crippen LogP contribution in [0.3, 0.4) is 0 Å². The number of benzene rings is 10. The fourth-order valence-corrected chi connectivity index (χ4v) is 11.1. The van der Waals surface area contributed by atoms with Gasteiger partial charge in [-0.15, -0.1) is 0 Å². The molecule has 0 amide bonds. The first-order chi connectivity index (χ1) is 32.0. The SMILES string of the molecule is CC1(C)c2ccccc2-c2ccc(N(c3cccc(C4(c5ccccc5)c5ccccc5-c5ccccc54)c3)c3cc(-c4ccccc4)ccc3-c3ccc(-c4ccccc4)cc3)cc21. The monoisotopic (exact) mass is 829 g/mol. The Bertz CT molecular complexity index is 3340. The fraction of sp³-hybridized carbons (Fsp3) is 0.0625. The van der Waals surface area contributed by atoms with Crippen LogP contribution in [0.4, 0.5) is 17.1 Å². The van der Waals surface area contributed by atoms with E-state index in [1.807, 2.05) is 0 Å². The predicted molar refractivity (Wildman–Crippen MR) is 272 cm³/mol. The van der Waals surface area contributed by atoms with Gasteiger partial charge in [-0.2, -0.15) is 0 Å². The van der Waals surface area contributed by atoms with Crippen LogP contribution in [0.15, 0.2) is 249 Å². The van der Waals surface area contributed by atoms with Crippen LogP contribution in [0.2, 0.25) is 0 Å². The highest BCUT2D eigenvalue weighted by atomic mass is 15.1. The first kappa shape index (κ1) is 38.7. The third-order valence-electron chi connectivity index (χ3n) is 14.2. The molecule has 10 aromatic rings. The van der Waals surface area contributed by atoms with E-state index >= 15 is 0 Å². The zero-order chi connectivity index (χ0) is 43.5. The summed E-state index contributed by atoms with van der Waals surface area (Å²) >= 11 is 0. The topological polar surface area (TPSA) is 3.24 Å². The molecule has 0 radical (unpaired) electrons. The zero-order valence-corrected chi connectivity index (χ0v) is 36.6. The van der Waals surface area contributed by atoms with E-state index in [0.717, 1.165) is 28.2 Å². The van der Waals surface area contributed by atoms with Crippen molar-refractivity contribution in [3.8, 4) is 55.6 Å². The average molecular weight is 830 g/mol. The average Bonchev–Trinajstić information content (AvgIpc) is 3.80. The lowest BCUT2D eigenvalue weighted by molar-refractivity contribution is 0.660. The minimum Gasteiger partial charge on any atom is -0.310 e. The molecule has 10 aromatic carbocycles. The Labute approximate surface area is 382 Å². The highest BCUT2D eigenvalue weighted by Gasteiger charge is 2.46. The summed E-state index contributed by atoms with van der Waals surface area (Å²) in [6.07, 6.45) is 0. The van der Waals surface area contributed by atoms with Crippen LogP contribution in [0.25, 0.3) is 55.6 Å². The van der Waals surface area contributed by atoms with Crippen molar-refractivity contribution in [2.75, 3.05) is 4.90 Å². The largest absolute Gasteiger partial charge is 0.310 e. The van der Waals surface area contributed by atoms with Gasteiger partial charge < -0.3 is 4.90 Å². The van der Waals surface area contributed by atoms with Crippen molar-refractivity contribution in [1.82, 2.24) is 0 Å². The molecular weight excluding hydrogens is 783 g/mol. The molecule has 0 N–H and O–H groups in total. The van der Waals surface area contributed by atoms with Gasteiger partial charge in [-0.25, -0.2) is 0 Å². The molecule has 0 bridgehead atoms. The minimum atomic E-state index is -0.542. The van der Waals surface area contributed by atoms with Gasteiger partial charge in [0.1, 0.15) is 0 Å². The number of nitrogens with zero attached hydrogens (tertiary/aromatic N) is 1. The van der Waals surface area contributed by atoms with Crippen LogP contribution in [-0.4, -0.2) is 0 Å². The van der Waals surface area contributed by atoms with Crippen molar-refractivity contribution in [2.24, 2.45) is 0 Å². The molecule has 0 spiro atoms. The maximum absolute atomic E-state index is 2.53. The molecule has 0 atom stereocenters. The smallest absolute Gasteiger partial charge is 0.0714 e. The Kier molecular flexibility index (Phi) is 9.14. The number of rotatable bonds is 8. The van der Waals surface area contributed by atoms with Crippen LogP contribution in [0.5, 0.6) is 0 Å². The molecule has 0 aliphatic heterocycles. The van der Waals surface area contributed by atoms with E-state index in [1.54, 1.807) is 0 Å². The molecule has 1 heteroatoms. The van der Waals surface area contributed by atoms with Gasteiger partial charge in [-0.1, -0.05) is 232 Å². The lowest BCUT2D eigenvalue weighted by Crippen LogP contribution is -2.28. The van der Waals surface area contributed by atoms with Gasteiger partial charge in [-0.3, -0.25) is 0 Å². The molecule has 0 saturated carbocycles. The molecule has 2 aliphatic rings. The van der Waals surface area contributed by atoms with E-state index in [2.05, 4.69) is 267 Å². The van der Waals surface area contributed by atoms with Crippen molar-refractivity contribution in [2.45, 2.75) is 24.7 Å². The predicted octanol–water partition coefficient (Wildman–Crippen LogP) is 16.8. The van der Waals surface area contributed by atoms with E-state index in [1.165, 1.54) is 77.9 Å². The molecule has 0 unspecified atom stereocenters. The van der Waals surface area contributed by atoms with E-state index < -0.39 is 5.41 Å². The second-order valence-corrected chi connectivity index (χ2v) is 18.0. The summed E-state index contributed by atoms with van der Waals surface area (Å²) < 4.78 is 0. The molecule has 12 rings (SSSR count). The van der Waals surface area contributed by atoms with Crippen LogP contribution < -0.4 is 4.90 Å². The van der Waals surface area contributed by atoms with Gasteiger partial charge in [0.05, 0.1) is 11.1 Å². The van der Waals surface area contributed by atoms with Gasteiger partial charge in [0.2, 0.25) is 0 Å².